The van der Waals surface area contributed by atoms with Gasteiger partial charge in [0, 0.05) is 24.1 Å². The summed E-state index contributed by atoms with van der Waals surface area (Å²) in [6.45, 7) is 8.36. The van der Waals surface area contributed by atoms with Crippen LogP contribution in [0.1, 0.15) is 39.7 Å². The second-order valence-corrected chi connectivity index (χ2v) is 7.16. The van der Waals surface area contributed by atoms with Crippen molar-refractivity contribution >= 4 is 12.1 Å². The predicted molar refractivity (Wildman–Crippen MR) is 117 cm³/mol. The first-order valence-corrected chi connectivity index (χ1v) is 9.60. The van der Waals surface area contributed by atoms with E-state index in [0.29, 0.717) is 0 Å². The van der Waals surface area contributed by atoms with Crippen molar-refractivity contribution in [2.24, 2.45) is 5.10 Å². The van der Waals surface area contributed by atoms with Crippen LogP contribution in [0.4, 0.5) is 0 Å². The number of carbonyl (C=O) groups excluding carboxylic acids is 1. The maximum Gasteiger partial charge on any atom is 0.273 e. The van der Waals surface area contributed by atoms with Crippen molar-refractivity contribution in [3.05, 3.63) is 88.2 Å². The van der Waals surface area contributed by atoms with E-state index in [1.54, 1.807) is 6.21 Å². The predicted octanol–water partition coefficient (Wildman–Crippen LogP) is 4.55. The van der Waals surface area contributed by atoms with Gasteiger partial charge in [0.15, 0.2) is 6.10 Å². The Bertz CT molecular complexity index is 1020. The van der Waals surface area contributed by atoms with Crippen molar-refractivity contribution in [1.82, 2.24) is 9.99 Å². The van der Waals surface area contributed by atoms with Crippen molar-refractivity contribution in [2.45, 2.75) is 33.8 Å². The van der Waals surface area contributed by atoms with Crippen LogP contribution in [0.3, 0.4) is 0 Å². The van der Waals surface area contributed by atoms with Gasteiger partial charge in [-0.15, -0.1) is 0 Å². The lowest BCUT2D eigenvalue weighted by Crippen LogP contribution is -2.26. The molecule has 5 nitrogen and oxygen atoms in total. The summed E-state index contributed by atoms with van der Waals surface area (Å²) in [4.78, 5) is 12.5. The minimum absolute atomic E-state index is 0.307. The zero-order chi connectivity index (χ0) is 21.0. The second kappa shape index (κ2) is 8.88. The molecule has 0 bridgehead atoms. The highest BCUT2D eigenvalue weighted by Crippen LogP contribution is 2.25. The molecule has 0 saturated carbocycles. The monoisotopic (exact) mass is 389 g/mol. The van der Waals surface area contributed by atoms with E-state index in [1.807, 2.05) is 30.3 Å². The molecule has 150 valence electrons. The quantitative estimate of drug-likeness (QED) is 0.497. The molecule has 0 fully saturated rings. The molecule has 0 spiro atoms. The third-order valence-corrected chi connectivity index (χ3v) is 5.09. The molecule has 1 aromatic heterocycles. The lowest BCUT2D eigenvalue weighted by atomic mass is 10.1. The summed E-state index contributed by atoms with van der Waals surface area (Å²) < 4.78 is 7.57. The van der Waals surface area contributed by atoms with Crippen LogP contribution in [0.5, 0.6) is 0 Å². The molecule has 1 heterocycles. The van der Waals surface area contributed by atoms with E-state index in [1.165, 1.54) is 23.9 Å². The van der Waals surface area contributed by atoms with Gasteiger partial charge in [-0.25, -0.2) is 5.43 Å². The number of carbonyl (C=O) groups is 1. The summed E-state index contributed by atoms with van der Waals surface area (Å²) in [6.07, 6.45) is 0.984. The van der Waals surface area contributed by atoms with E-state index in [-0.39, 0.29) is 5.91 Å². The van der Waals surface area contributed by atoms with Gasteiger partial charge in [-0.2, -0.15) is 5.10 Å². The van der Waals surface area contributed by atoms with Crippen LogP contribution in [0.15, 0.2) is 59.7 Å². The number of benzene rings is 2. The number of hydrogen-bond donors (Lipinski definition) is 1. The molecule has 1 N–H and O–H groups in total. The number of rotatable bonds is 6. The minimum Gasteiger partial charge on any atom is -0.367 e. The molecule has 0 saturated heterocycles. The van der Waals surface area contributed by atoms with E-state index in [9.17, 15) is 4.79 Å². The van der Waals surface area contributed by atoms with E-state index < -0.39 is 6.10 Å². The summed E-state index contributed by atoms with van der Waals surface area (Å²) in [5.41, 5.74) is 10.2. The van der Waals surface area contributed by atoms with E-state index in [4.69, 9.17) is 4.74 Å². The standard InChI is InChI=1S/C24H27N3O2/c1-16-10-9-11-17(2)22(16)27-18(3)14-21(19(27)4)15-25-26-24(28)23(29-5)20-12-7-6-8-13-20/h6-15,23H,1-5H3,(H,26,28)/b25-15-/t23-/m1/s1. The summed E-state index contributed by atoms with van der Waals surface area (Å²) >= 11 is 0. The van der Waals surface area contributed by atoms with E-state index >= 15 is 0 Å². The van der Waals surface area contributed by atoms with Crippen LogP contribution in [0, 0.1) is 27.7 Å². The van der Waals surface area contributed by atoms with Crippen LogP contribution in [-0.2, 0) is 9.53 Å². The van der Waals surface area contributed by atoms with E-state index in [2.05, 4.69) is 67.1 Å². The molecule has 0 aliphatic rings. The molecule has 29 heavy (non-hydrogen) atoms. The highest BCUT2D eigenvalue weighted by molar-refractivity contribution is 5.86. The highest BCUT2D eigenvalue weighted by atomic mass is 16.5. The Morgan fingerprint density at radius 2 is 1.69 bits per heavy atom. The molecule has 0 unspecified atom stereocenters. The lowest BCUT2D eigenvalue weighted by molar-refractivity contribution is -0.131. The van der Waals surface area contributed by atoms with Gasteiger partial charge in [-0.1, -0.05) is 48.5 Å². The second-order valence-electron chi connectivity index (χ2n) is 7.16. The largest absolute Gasteiger partial charge is 0.367 e. The fourth-order valence-electron chi connectivity index (χ4n) is 3.67. The Morgan fingerprint density at radius 3 is 2.31 bits per heavy atom. The fraction of sp³-hybridized carbons (Fsp3) is 0.250. The van der Waals surface area contributed by atoms with Crippen molar-refractivity contribution in [2.75, 3.05) is 7.11 Å². The van der Waals surface area contributed by atoms with E-state index in [0.717, 1.165) is 22.5 Å². The number of aromatic nitrogens is 1. The lowest BCUT2D eigenvalue weighted by Gasteiger charge is -2.15. The van der Waals surface area contributed by atoms with Crippen LogP contribution in [-0.4, -0.2) is 23.8 Å². The normalized spacial score (nSPS) is 12.3. The third-order valence-electron chi connectivity index (χ3n) is 5.09. The minimum atomic E-state index is -0.699. The molecule has 0 radical (unpaired) electrons. The van der Waals surface area contributed by atoms with Gasteiger partial charge in [0.25, 0.3) is 5.91 Å². The summed E-state index contributed by atoms with van der Waals surface area (Å²) in [6, 6.07) is 17.7. The van der Waals surface area contributed by atoms with Gasteiger partial charge in [0.1, 0.15) is 0 Å². The van der Waals surface area contributed by atoms with Gasteiger partial charge in [-0.05, 0) is 50.5 Å². The first-order chi connectivity index (χ1) is 13.9. The highest BCUT2D eigenvalue weighted by Gasteiger charge is 2.19. The maximum atomic E-state index is 12.5. The molecule has 1 amide bonds. The SMILES string of the molecule is CO[C@@H](C(=O)N/N=C\c1cc(C)n(-c2c(C)cccc2C)c1C)c1ccccc1. The molecule has 2 aromatic carbocycles. The van der Waals surface area contributed by atoms with Crippen LogP contribution in [0.2, 0.25) is 0 Å². The number of ether oxygens (including phenoxy) is 1. The zero-order valence-corrected chi connectivity index (χ0v) is 17.6. The van der Waals surface area contributed by atoms with Gasteiger partial charge < -0.3 is 9.30 Å². The molecule has 3 rings (SSSR count). The van der Waals surface area contributed by atoms with Crippen LogP contribution >= 0.6 is 0 Å². The van der Waals surface area contributed by atoms with Gasteiger partial charge in [0.2, 0.25) is 0 Å². The first kappa shape index (κ1) is 20.6. The number of para-hydroxylation sites is 1. The molecular formula is C24H27N3O2. The Balaban J connectivity index is 1.81. The number of hydrazone groups is 1. The summed E-state index contributed by atoms with van der Waals surface area (Å²) in [7, 11) is 1.51. The fourth-order valence-corrected chi connectivity index (χ4v) is 3.67. The smallest absolute Gasteiger partial charge is 0.273 e. The number of methoxy groups -OCH3 is 1. The zero-order valence-electron chi connectivity index (χ0n) is 17.6. The third kappa shape index (κ3) is 4.30. The molecule has 0 aliphatic carbocycles. The van der Waals surface area contributed by atoms with Gasteiger partial charge in [-0.3, -0.25) is 4.79 Å². The number of hydrogen-bond acceptors (Lipinski definition) is 3. The molecular weight excluding hydrogens is 362 g/mol. The van der Waals surface area contributed by atoms with Crippen molar-refractivity contribution in [1.29, 1.82) is 0 Å². The Hall–Kier alpha value is -3.18. The van der Waals surface area contributed by atoms with Gasteiger partial charge >= 0.3 is 0 Å². The topological polar surface area (TPSA) is 55.6 Å². The van der Waals surface area contributed by atoms with Crippen molar-refractivity contribution in [3.8, 4) is 5.69 Å². The van der Waals surface area contributed by atoms with Crippen LogP contribution < -0.4 is 5.43 Å². The molecule has 3 aromatic rings. The van der Waals surface area contributed by atoms with Crippen LogP contribution in [0.25, 0.3) is 5.69 Å². The Labute approximate surface area is 172 Å². The number of amides is 1. The maximum absolute atomic E-state index is 12.5. The van der Waals surface area contributed by atoms with Crippen molar-refractivity contribution < 1.29 is 9.53 Å². The molecule has 1 atom stereocenters. The number of nitrogens with one attached hydrogen (secondary N) is 1. The Kier molecular flexibility index (Phi) is 6.29. The average Bonchev–Trinajstić information content (AvgIpc) is 2.97. The first-order valence-electron chi connectivity index (χ1n) is 9.60. The molecule has 5 heteroatoms. The molecule has 0 aliphatic heterocycles. The number of nitrogens with zero attached hydrogens (tertiary/aromatic N) is 2. The summed E-state index contributed by atoms with van der Waals surface area (Å²) in [5.74, 6) is -0.307. The van der Waals surface area contributed by atoms with Crippen molar-refractivity contribution in [3.63, 3.8) is 0 Å². The van der Waals surface area contributed by atoms with Gasteiger partial charge in [0.05, 0.1) is 11.9 Å². The summed E-state index contributed by atoms with van der Waals surface area (Å²) in [5, 5.41) is 4.17. The number of aryl methyl sites for hydroxylation is 3. The Morgan fingerprint density at radius 1 is 1.03 bits per heavy atom. The average molecular weight is 389 g/mol.